The molecule has 9 heteroatoms. The van der Waals surface area contributed by atoms with Crippen molar-refractivity contribution in [3.63, 3.8) is 0 Å². The number of carbonyl (C=O) groups is 1. The number of pyridine rings is 1. The van der Waals surface area contributed by atoms with Gasteiger partial charge in [-0.25, -0.2) is 4.98 Å². The Bertz CT molecular complexity index is 1210. The van der Waals surface area contributed by atoms with Gasteiger partial charge in [0, 0.05) is 44.0 Å². The Balaban J connectivity index is 1.29. The SMILES string of the molecule is COc1nc(Nc2cncc(N3CCC(N(C)C)CC3)c2)ncc1-c1ccc(N2CCCC2=O)cc1. The third kappa shape index (κ3) is 5.11. The molecule has 4 heterocycles. The van der Waals surface area contributed by atoms with Crippen molar-refractivity contribution >= 4 is 28.9 Å². The highest BCUT2D eigenvalue weighted by Gasteiger charge is 2.22. The Morgan fingerprint density at radius 3 is 2.47 bits per heavy atom. The molecule has 2 aliphatic heterocycles. The van der Waals surface area contributed by atoms with Gasteiger partial charge in [-0.2, -0.15) is 4.98 Å². The zero-order valence-corrected chi connectivity index (χ0v) is 21.1. The van der Waals surface area contributed by atoms with Crippen molar-refractivity contribution in [2.45, 2.75) is 31.7 Å². The van der Waals surface area contributed by atoms with Crippen LogP contribution < -0.4 is 19.9 Å². The summed E-state index contributed by atoms with van der Waals surface area (Å²) in [4.78, 5) is 32.1. The number of aromatic nitrogens is 3. The fourth-order valence-corrected chi connectivity index (χ4v) is 4.96. The summed E-state index contributed by atoms with van der Waals surface area (Å²) in [5.74, 6) is 1.10. The number of nitrogens with zero attached hydrogens (tertiary/aromatic N) is 6. The minimum absolute atomic E-state index is 0.177. The molecule has 0 spiro atoms. The largest absolute Gasteiger partial charge is 0.480 e. The van der Waals surface area contributed by atoms with Crippen LogP contribution >= 0.6 is 0 Å². The van der Waals surface area contributed by atoms with E-state index in [1.807, 2.05) is 35.4 Å². The van der Waals surface area contributed by atoms with E-state index in [1.165, 1.54) is 0 Å². The first-order chi connectivity index (χ1) is 17.5. The highest BCUT2D eigenvalue weighted by molar-refractivity contribution is 5.95. The van der Waals surface area contributed by atoms with Crippen molar-refractivity contribution in [1.29, 1.82) is 0 Å². The number of hydrogen-bond donors (Lipinski definition) is 1. The maximum Gasteiger partial charge on any atom is 0.230 e. The van der Waals surface area contributed by atoms with E-state index in [1.54, 1.807) is 19.5 Å². The molecule has 0 saturated carbocycles. The number of amides is 1. The molecule has 2 aromatic heterocycles. The van der Waals surface area contributed by atoms with E-state index in [2.05, 4.69) is 50.2 Å². The van der Waals surface area contributed by atoms with Crippen molar-refractivity contribution < 1.29 is 9.53 Å². The molecule has 0 bridgehead atoms. The topological polar surface area (TPSA) is 86.7 Å². The molecular formula is C27H33N7O2. The zero-order valence-electron chi connectivity index (χ0n) is 21.1. The number of benzene rings is 1. The standard InChI is InChI=1S/C27H33N7O2/c1-32(2)21-10-13-33(14-11-21)23-15-20(16-28-17-23)30-27-29-18-24(26(31-27)36-3)19-6-8-22(9-7-19)34-12-4-5-25(34)35/h6-9,15-18,21H,4-5,10-14H2,1-3H3,(H,29,30,31). The van der Waals surface area contributed by atoms with E-state index in [-0.39, 0.29) is 5.91 Å². The normalized spacial score (nSPS) is 16.6. The van der Waals surface area contributed by atoms with E-state index in [0.29, 0.717) is 24.3 Å². The molecule has 1 aromatic carbocycles. The molecule has 0 radical (unpaired) electrons. The van der Waals surface area contributed by atoms with Crippen LogP contribution in [0.3, 0.4) is 0 Å². The third-order valence-electron chi connectivity index (χ3n) is 7.05. The van der Waals surface area contributed by atoms with Crippen molar-refractivity contribution in [3.05, 3.63) is 48.9 Å². The lowest BCUT2D eigenvalue weighted by Crippen LogP contribution is -2.42. The number of hydrogen-bond acceptors (Lipinski definition) is 8. The second-order valence-corrected chi connectivity index (χ2v) is 9.55. The minimum Gasteiger partial charge on any atom is -0.480 e. The number of nitrogens with one attached hydrogen (secondary N) is 1. The summed E-state index contributed by atoms with van der Waals surface area (Å²) in [6.07, 6.45) is 9.25. The average molecular weight is 488 g/mol. The van der Waals surface area contributed by atoms with E-state index in [4.69, 9.17) is 4.74 Å². The predicted molar refractivity (Wildman–Crippen MR) is 142 cm³/mol. The molecule has 3 aromatic rings. The van der Waals surface area contributed by atoms with Crippen LogP contribution in [0.2, 0.25) is 0 Å². The van der Waals surface area contributed by atoms with Crippen LogP contribution in [0.1, 0.15) is 25.7 Å². The van der Waals surface area contributed by atoms with E-state index in [0.717, 1.165) is 67.1 Å². The molecule has 2 fully saturated rings. The van der Waals surface area contributed by atoms with E-state index in [9.17, 15) is 4.79 Å². The smallest absolute Gasteiger partial charge is 0.230 e. The van der Waals surface area contributed by atoms with Gasteiger partial charge < -0.3 is 24.8 Å². The van der Waals surface area contributed by atoms with Gasteiger partial charge in [0.05, 0.1) is 36.4 Å². The second-order valence-electron chi connectivity index (χ2n) is 9.55. The number of piperidine rings is 1. The lowest BCUT2D eigenvalue weighted by atomic mass is 10.0. The van der Waals surface area contributed by atoms with Gasteiger partial charge in [0.25, 0.3) is 0 Å². The average Bonchev–Trinajstić information content (AvgIpc) is 3.34. The monoisotopic (exact) mass is 487 g/mol. The molecule has 9 nitrogen and oxygen atoms in total. The summed E-state index contributed by atoms with van der Waals surface area (Å²) in [5, 5.41) is 3.27. The molecule has 0 unspecified atom stereocenters. The Hall–Kier alpha value is -3.72. The maximum absolute atomic E-state index is 12.0. The van der Waals surface area contributed by atoms with Gasteiger partial charge in [0.2, 0.25) is 17.7 Å². The molecular weight excluding hydrogens is 454 g/mol. The highest BCUT2D eigenvalue weighted by atomic mass is 16.5. The van der Waals surface area contributed by atoms with Crippen LogP contribution in [0.25, 0.3) is 11.1 Å². The van der Waals surface area contributed by atoms with Crippen molar-refractivity contribution in [2.75, 3.05) is 56.0 Å². The van der Waals surface area contributed by atoms with Gasteiger partial charge in [-0.3, -0.25) is 9.78 Å². The Morgan fingerprint density at radius 1 is 1.03 bits per heavy atom. The van der Waals surface area contributed by atoms with Crippen LogP contribution in [-0.4, -0.2) is 72.6 Å². The number of carbonyl (C=O) groups excluding carboxylic acids is 1. The molecule has 36 heavy (non-hydrogen) atoms. The van der Waals surface area contributed by atoms with E-state index < -0.39 is 0 Å². The predicted octanol–water partition coefficient (Wildman–Crippen LogP) is 3.95. The molecule has 1 amide bonds. The summed E-state index contributed by atoms with van der Waals surface area (Å²) in [7, 11) is 5.90. The molecule has 1 N–H and O–H groups in total. The molecule has 5 rings (SSSR count). The zero-order chi connectivity index (χ0) is 25.1. The Morgan fingerprint density at radius 2 is 1.81 bits per heavy atom. The number of anilines is 4. The third-order valence-corrected chi connectivity index (χ3v) is 7.05. The Kier molecular flexibility index (Phi) is 6.99. The first-order valence-electron chi connectivity index (χ1n) is 12.5. The first kappa shape index (κ1) is 24.0. The summed E-state index contributed by atoms with van der Waals surface area (Å²) in [5.41, 5.74) is 4.56. The van der Waals surface area contributed by atoms with Crippen LogP contribution in [0.4, 0.5) is 23.0 Å². The van der Waals surface area contributed by atoms with Crippen LogP contribution in [0.15, 0.2) is 48.9 Å². The van der Waals surface area contributed by atoms with Crippen molar-refractivity contribution in [3.8, 4) is 17.0 Å². The molecule has 0 aliphatic carbocycles. The van der Waals surface area contributed by atoms with Gasteiger partial charge in [-0.05, 0) is 57.1 Å². The fourth-order valence-electron chi connectivity index (χ4n) is 4.96. The first-order valence-corrected chi connectivity index (χ1v) is 12.5. The summed E-state index contributed by atoms with van der Waals surface area (Å²) >= 11 is 0. The summed E-state index contributed by atoms with van der Waals surface area (Å²) in [6, 6.07) is 10.6. The molecule has 0 atom stereocenters. The highest BCUT2D eigenvalue weighted by Crippen LogP contribution is 2.32. The molecule has 188 valence electrons. The molecule has 2 saturated heterocycles. The summed E-state index contributed by atoms with van der Waals surface area (Å²) in [6.45, 7) is 2.80. The van der Waals surface area contributed by atoms with Gasteiger partial charge >= 0.3 is 0 Å². The van der Waals surface area contributed by atoms with Gasteiger partial charge in [-0.1, -0.05) is 12.1 Å². The van der Waals surface area contributed by atoms with Gasteiger partial charge in [-0.15, -0.1) is 0 Å². The van der Waals surface area contributed by atoms with E-state index >= 15 is 0 Å². The fraction of sp³-hybridized carbons (Fsp3) is 0.407. The number of rotatable bonds is 7. The molecule has 2 aliphatic rings. The lowest BCUT2D eigenvalue weighted by Gasteiger charge is -2.36. The van der Waals surface area contributed by atoms with Crippen LogP contribution in [-0.2, 0) is 4.79 Å². The second kappa shape index (κ2) is 10.5. The maximum atomic E-state index is 12.0. The van der Waals surface area contributed by atoms with Crippen molar-refractivity contribution in [2.24, 2.45) is 0 Å². The lowest BCUT2D eigenvalue weighted by molar-refractivity contribution is -0.117. The van der Waals surface area contributed by atoms with Crippen LogP contribution in [0.5, 0.6) is 5.88 Å². The quantitative estimate of drug-likeness (QED) is 0.536. The van der Waals surface area contributed by atoms with Crippen molar-refractivity contribution in [1.82, 2.24) is 19.9 Å². The van der Waals surface area contributed by atoms with Gasteiger partial charge in [0.1, 0.15) is 0 Å². The van der Waals surface area contributed by atoms with Crippen LogP contribution in [0, 0.1) is 0 Å². The minimum atomic E-state index is 0.177. The van der Waals surface area contributed by atoms with Gasteiger partial charge in [0.15, 0.2) is 0 Å². The summed E-state index contributed by atoms with van der Waals surface area (Å²) < 4.78 is 5.59. The Labute approximate surface area is 212 Å². The number of ether oxygens (including phenoxy) is 1. The number of methoxy groups -OCH3 is 1.